The Kier molecular flexibility index (Phi) is 3.85. The van der Waals surface area contributed by atoms with Crippen molar-refractivity contribution in [3.8, 4) is 0 Å². The third-order valence-electron chi connectivity index (χ3n) is 4.05. The highest BCUT2D eigenvalue weighted by Crippen LogP contribution is 2.25. The summed E-state index contributed by atoms with van der Waals surface area (Å²) in [5.74, 6) is 0. The number of anilines is 1. The number of benzene rings is 1. The minimum Gasteiger partial charge on any atom is -0.377 e. The minimum atomic E-state index is 0.758. The number of hydrogen-bond donors (Lipinski definition) is 0. The summed E-state index contributed by atoms with van der Waals surface area (Å²) in [6.45, 7) is 6.17. The van der Waals surface area contributed by atoms with Gasteiger partial charge >= 0.3 is 0 Å². The maximum Gasteiger partial charge on any atom is 0.0653 e. The molecule has 3 heteroatoms. The van der Waals surface area contributed by atoms with Crippen LogP contribution in [0.3, 0.4) is 0 Å². The Bertz CT molecular complexity index is 462. The molecule has 0 radical (unpaired) electrons. The molecule has 0 amide bonds. The van der Waals surface area contributed by atoms with Gasteiger partial charge in [0.1, 0.15) is 0 Å². The van der Waals surface area contributed by atoms with Gasteiger partial charge in [0.15, 0.2) is 0 Å². The van der Waals surface area contributed by atoms with Gasteiger partial charge in [0.25, 0.3) is 0 Å². The molecule has 19 heavy (non-hydrogen) atoms. The van der Waals surface area contributed by atoms with E-state index in [4.69, 9.17) is 4.74 Å². The van der Waals surface area contributed by atoms with E-state index >= 15 is 0 Å². The van der Waals surface area contributed by atoms with Crippen LogP contribution in [0.5, 0.6) is 0 Å². The molecule has 0 saturated carbocycles. The monoisotopic (exact) mass is 258 g/mol. The molecule has 2 heterocycles. The molecule has 0 bridgehead atoms. The maximum atomic E-state index is 5.39. The average Bonchev–Trinajstić information content (AvgIpc) is 2.49. The highest BCUT2D eigenvalue weighted by molar-refractivity contribution is 5.69. The van der Waals surface area contributed by atoms with Crippen LogP contribution in [0.1, 0.15) is 12.0 Å². The summed E-state index contributed by atoms with van der Waals surface area (Å²) in [5, 5.41) is 0. The van der Waals surface area contributed by atoms with Crippen molar-refractivity contribution in [2.45, 2.75) is 6.42 Å². The number of likely N-dealkylation sites (N-methyl/N-ethyl adjacent to an activating group) is 1. The van der Waals surface area contributed by atoms with Crippen LogP contribution in [-0.2, 0) is 4.74 Å². The second kappa shape index (κ2) is 5.76. The molecule has 1 aromatic rings. The van der Waals surface area contributed by atoms with Crippen molar-refractivity contribution in [2.75, 3.05) is 51.3 Å². The number of nitrogens with zero attached hydrogens (tertiary/aromatic N) is 2. The topological polar surface area (TPSA) is 15.7 Å². The fourth-order valence-electron chi connectivity index (χ4n) is 2.76. The fourth-order valence-corrected chi connectivity index (χ4v) is 2.76. The summed E-state index contributed by atoms with van der Waals surface area (Å²) in [5.41, 5.74) is 4.15. The molecule has 102 valence electrons. The van der Waals surface area contributed by atoms with E-state index in [0.717, 1.165) is 45.8 Å². The number of hydrogen-bond acceptors (Lipinski definition) is 3. The molecule has 2 aliphatic heterocycles. The van der Waals surface area contributed by atoms with E-state index in [1.807, 2.05) is 0 Å². The number of piperazine rings is 1. The van der Waals surface area contributed by atoms with Crippen LogP contribution in [0.4, 0.5) is 5.69 Å². The molecule has 3 rings (SSSR count). The van der Waals surface area contributed by atoms with Crippen molar-refractivity contribution in [2.24, 2.45) is 0 Å². The molecule has 0 spiro atoms. The van der Waals surface area contributed by atoms with Crippen LogP contribution in [0, 0.1) is 0 Å². The van der Waals surface area contributed by atoms with Crippen molar-refractivity contribution >= 4 is 11.3 Å². The van der Waals surface area contributed by atoms with Crippen LogP contribution < -0.4 is 4.90 Å². The fraction of sp³-hybridized carbons (Fsp3) is 0.500. The Balaban J connectivity index is 1.78. The van der Waals surface area contributed by atoms with E-state index < -0.39 is 0 Å². The first-order chi connectivity index (χ1) is 9.33. The Morgan fingerprint density at radius 3 is 2.68 bits per heavy atom. The van der Waals surface area contributed by atoms with Crippen molar-refractivity contribution in [3.63, 3.8) is 0 Å². The van der Waals surface area contributed by atoms with Crippen molar-refractivity contribution in [1.82, 2.24) is 4.90 Å². The molecule has 2 aliphatic rings. The zero-order chi connectivity index (χ0) is 13.1. The van der Waals surface area contributed by atoms with E-state index in [1.165, 1.54) is 16.8 Å². The molecule has 1 saturated heterocycles. The van der Waals surface area contributed by atoms with Crippen molar-refractivity contribution in [3.05, 3.63) is 35.9 Å². The highest BCUT2D eigenvalue weighted by atomic mass is 16.5. The largest absolute Gasteiger partial charge is 0.377 e. The molecular weight excluding hydrogens is 236 g/mol. The Morgan fingerprint density at radius 2 is 1.95 bits per heavy atom. The van der Waals surface area contributed by atoms with E-state index in [9.17, 15) is 0 Å². The molecule has 3 nitrogen and oxygen atoms in total. The highest BCUT2D eigenvalue weighted by Gasteiger charge is 2.15. The molecule has 0 aliphatic carbocycles. The van der Waals surface area contributed by atoms with E-state index in [2.05, 4.69) is 47.2 Å². The maximum absolute atomic E-state index is 5.39. The van der Waals surface area contributed by atoms with Gasteiger partial charge in [0.2, 0.25) is 0 Å². The van der Waals surface area contributed by atoms with Gasteiger partial charge < -0.3 is 14.5 Å². The van der Waals surface area contributed by atoms with E-state index in [-0.39, 0.29) is 0 Å². The van der Waals surface area contributed by atoms with E-state index in [0.29, 0.717) is 0 Å². The zero-order valence-electron chi connectivity index (χ0n) is 11.6. The SMILES string of the molecule is CN1CCN(c2cccc(C3=CCOCC3)c2)CC1. The second-order valence-corrected chi connectivity index (χ2v) is 5.39. The van der Waals surface area contributed by atoms with Gasteiger partial charge in [-0.3, -0.25) is 0 Å². The van der Waals surface area contributed by atoms with E-state index in [1.54, 1.807) is 0 Å². The lowest BCUT2D eigenvalue weighted by molar-refractivity contribution is 0.161. The van der Waals surface area contributed by atoms with Gasteiger partial charge in [0.05, 0.1) is 13.2 Å². The second-order valence-electron chi connectivity index (χ2n) is 5.39. The summed E-state index contributed by atoms with van der Waals surface area (Å²) in [4.78, 5) is 4.88. The molecule has 0 atom stereocenters. The van der Waals surface area contributed by atoms with Gasteiger partial charge in [-0.1, -0.05) is 18.2 Å². The zero-order valence-corrected chi connectivity index (χ0v) is 11.6. The lowest BCUT2D eigenvalue weighted by atomic mass is 10.0. The summed E-state index contributed by atoms with van der Waals surface area (Å²) < 4.78 is 5.39. The van der Waals surface area contributed by atoms with Crippen LogP contribution in [0.25, 0.3) is 5.57 Å². The number of ether oxygens (including phenoxy) is 1. The predicted molar refractivity (Wildman–Crippen MR) is 79.6 cm³/mol. The Hall–Kier alpha value is -1.32. The molecular formula is C16H22N2O. The lowest BCUT2D eigenvalue weighted by Gasteiger charge is -2.34. The van der Waals surface area contributed by atoms with Crippen LogP contribution in [-0.4, -0.2) is 51.3 Å². The molecule has 0 aromatic heterocycles. The van der Waals surface area contributed by atoms with Gasteiger partial charge in [-0.25, -0.2) is 0 Å². The first-order valence-electron chi connectivity index (χ1n) is 7.13. The van der Waals surface area contributed by atoms with Crippen LogP contribution >= 0.6 is 0 Å². The molecule has 1 aromatic carbocycles. The first-order valence-corrected chi connectivity index (χ1v) is 7.13. The van der Waals surface area contributed by atoms with Crippen molar-refractivity contribution < 1.29 is 4.74 Å². The summed E-state index contributed by atoms with van der Waals surface area (Å²) >= 11 is 0. The third-order valence-corrected chi connectivity index (χ3v) is 4.05. The predicted octanol–water partition coefficient (Wildman–Crippen LogP) is 2.24. The standard InChI is InChI=1S/C16H22N2O/c1-17-7-9-18(10-8-17)16-4-2-3-15(13-16)14-5-11-19-12-6-14/h2-5,13H,6-12H2,1H3. The minimum absolute atomic E-state index is 0.758. The molecule has 0 N–H and O–H groups in total. The summed E-state index contributed by atoms with van der Waals surface area (Å²) in [7, 11) is 2.20. The smallest absolute Gasteiger partial charge is 0.0653 e. The Morgan fingerprint density at radius 1 is 1.11 bits per heavy atom. The molecule has 0 unspecified atom stereocenters. The van der Waals surface area contributed by atoms with Gasteiger partial charge in [-0.15, -0.1) is 0 Å². The van der Waals surface area contributed by atoms with Crippen molar-refractivity contribution in [1.29, 1.82) is 0 Å². The normalized spacial score (nSPS) is 21.3. The lowest BCUT2D eigenvalue weighted by Crippen LogP contribution is -2.44. The average molecular weight is 258 g/mol. The number of rotatable bonds is 2. The van der Waals surface area contributed by atoms with Gasteiger partial charge in [0, 0.05) is 31.9 Å². The van der Waals surface area contributed by atoms with Gasteiger partial charge in [-0.2, -0.15) is 0 Å². The third kappa shape index (κ3) is 2.99. The molecule has 1 fully saturated rings. The van der Waals surface area contributed by atoms with Gasteiger partial charge in [-0.05, 0) is 36.7 Å². The van der Waals surface area contributed by atoms with Crippen LogP contribution in [0.15, 0.2) is 30.3 Å². The van der Waals surface area contributed by atoms with Crippen LogP contribution in [0.2, 0.25) is 0 Å². The summed E-state index contributed by atoms with van der Waals surface area (Å²) in [6, 6.07) is 8.97. The quantitative estimate of drug-likeness (QED) is 0.809. The first kappa shape index (κ1) is 12.7. The Labute approximate surface area is 115 Å². The summed E-state index contributed by atoms with van der Waals surface area (Å²) in [6.07, 6.45) is 3.25.